The van der Waals surface area contributed by atoms with Crippen LogP contribution in [0.1, 0.15) is 68.4 Å². The Bertz CT molecular complexity index is 921. The van der Waals surface area contributed by atoms with Crippen molar-refractivity contribution in [3.05, 3.63) is 59.7 Å². The number of carbonyl (C=O) groups is 2. The number of nitrogens with one attached hydrogen (secondary N) is 1. The van der Waals surface area contributed by atoms with Crippen molar-refractivity contribution in [3.63, 3.8) is 0 Å². The molecule has 1 saturated heterocycles. The van der Waals surface area contributed by atoms with Crippen molar-refractivity contribution in [2.24, 2.45) is 5.92 Å². The highest BCUT2D eigenvalue weighted by Crippen LogP contribution is 2.44. The summed E-state index contributed by atoms with van der Waals surface area (Å²) >= 11 is 1.65. The first-order valence-electron chi connectivity index (χ1n) is 11.0. The highest BCUT2D eigenvalue weighted by atomic mass is 32.2. The third-order valence-electron chi connectivity index (χ3n) is 6.10. The van der Waals surface area contributed by atoms with Gasteiger partial charge in [0, 0.05) is 17.3 Å². The minimum absolute atomic E-state index is 0.0797. The molecule has 1 atom stereocenters. The van der Waals surface area contributed by atoms with E-state index >= 15 is 0 Å². The van der Waals surface area contributed by atoms with Crippen LogP contribution in [0.2, 0.25) is 0 Å². The van der Waals surface area contributed by atoms with Gasteiger partial charge in [-0.15, -0.1) is 11.8 Å². The van der Waals surface area contributed by atoms with Gasteiger partial charge in [0.05, 0.1) is 5.75 Å². The van der Waals surface area contributed by atoms with Gasteiger partial charge in [0.1, 0.15) is 5.37 Å². The molecule has 2 fully saturated rings. The Morgan fingerprint density at radius 1 is 1.07 bits per heavy atom. The molecule has 0 aromatic heterocycles. The van der Waals surface area contributed by atoms with Gasteiger partial charge in [-0.1, -0.05) is 63.4 Å². The zero-order valence-corrected chi connectivity index (χ0v) is 18.6. The summed E-state index contributed by atoms with van der Waals surface area (Å²) in [5.41, 5.74) is 4.04. The van der Waals surface area contributed by atoms with Gasteiger partial charge in [-0.05, 0) is 48.1 Å². The van der Waals surface area contributed by atoms with Crippen LogP contribution in [0.25, 0.3) is 0 Å². The van der Waals surface area contributed by atoms with E-state index < -0.39 is 0 Å². The number of para-hydroxylation sites is 1. The summed E-state index contributed by atoms with van der Waals surface area (Å²) in [5.74, 6) is 1.19. The molecule has 158 valence electrons. The summed E-state index contributed by atoms with van der Waals surface area (Å²) < 4.78 is 0. The van der Waals surface area contributed by atoms with Gasteiger partial charge in [-0.25, -0.2) is 0 Å². The number of hydrogen-bond acceptors (Lipinski definition) is 3. The van der Waals surface area contributed by atoms with Crippen molar-refractivity contribution in [1.82, 2.24) is 0 Å². The van der Waals surface area contributed by atoms with Crippen molar-refractivity contribution < 1.29 is 9.59 Å². The number of anilines is 2. The van der Waals surface area contributed by atoms with E-state index in [1.165, 1.54) is 12.0 Å². The van der Waals surface area contributed by atoms with Crippen LogP contribution in [0, 0.1) is 5.92 Å². The summed E-state index contributed by atoms with van der Waals surface area (Å²) in [6.45, 7) is 4.31. The summed E-state index contributed by atoms with van der Waals surface area (Å²) in [6.07, 6.45) is 5.49. The van der Waals surface area contributed by atoms with Crippen LogP contribution in [-0.4, -0.2) is 17.6 Å². The zero-order chi connectivity index (χ0) is 21.1. The largest absolute Gasteiger partial charge is 0.326 e. The second-order valence-electron chi connectivity index (χ2n) is 8.59. The molecule has 2 aromatic rings. The molecule has 4 nitrogen and oxygen atoms in total. The van der Waals surface area contributed by atoms with Crippen molar-refractivity contribution >= 4 is 35.0 Å². The van der Waals surface area contributed by atoms with E-state index in [9.17, 15) is 9.59 Å². The van der Waals surface area contributed by atoms with E-state index in [2.05, 4.69) is 31.3 Å². The lowest BCUT2D eigenvalue weighted by Crippen LogP contribution is -2.29. The van der Waals surface area contributed by atoms with Crippen LogP contribution in [0.3, 0.4) is 0 Å². The van der Waals surface area contributed by atoms with Crippen molar-refractivity contribution in [1.29, 1.82) is 0 Å². The summed E-state index contributed by atoms with van der Waals surface area (Å²) in [6, 6.07) is 16.2. The molecule has 0 radical (unpaired) electrons. The molecule has 1 aliphatic heterocycles. The standard InChI is InChI=1S/C25H30N2O2S/c1-17(2)21-13-6-7-14-22(21)27-23(28)16-30-25(27)19-11-8-12-20(15-19)26-24(29)18-9-4-3-5-10-18/h6-8,11-15,17-18,25H,3-5,9-10,16H2,1-2H3,(H,26,29). The van der Waals surface area contributed by atoms with Crippen LogP contribution in [-0.2, 0) is 9.59 Å². The van der Waals surface area contributed by atoms with Crippen LogP contribution < -0.4 is 10.2 Å². The molecule has 0 bridgehead atoms. The number of hydrogen-bond donors (Lipinski definition) is 1. The smallest absolute Gasteiger partial charge is 0.238 e. The molecule has 4 rings (SSSR count). The van der Waals surface area contributed by atoms with Crippen molar-refractivity contribution in [2.45, 2.75) is 57.2 Å². The average molecular weight is 423 g/mol. The van der Waals surface area contributed by atoms with Crippen LogP contribution in [0.15, 0.2) is 48.5 Å². The van der Waals surface area contributed by atoms with Crippen LogP contribution in [0.4, 0.5) is 11.4 Å². The fourth-order valence-electron chi connectivity index (χ4n) is 4.51. The Hall–Kier alpha value is -2.27. The van der Waals surface area contributed by atoms with Crippen LogP contribution in [0.5, 0.6) is 0 Å². The average Bonchev–Trinajstić information content (AvgIpc) is 3.15. The van der Waals surface area contributed by atoms with Gasteiger partial charge >= 0.3 is 0 Å². The van der Waals surface area contributed by atoms with E-state index in [4.69, 9.17) is 0 Å². The summed E-state index contributed by atoms with van der Waals surface area (Å²) in [4.78, 5) is 27.4. The molecule has 1 unspecified atom stereocenters. The Morgan fingerprint density at radius 3 is 2.60 bits per heavy atom. The second kappa shape index (κ2) is 9.25. The number of benzene rings is 2. The predicted molar refractivity (Wildman–Crippen MR) is 125 cm³/mol. The third kappa shape index (κ3) is 4.41. The van der Waals surface area contributed by atoms with Gasteiger partial charge in [0.15, 0.2) is 0 Å². The van der Waals surface area contributed by atoms with E-state index in [-0.39, 0.29) is 23.1 Å². The molecule has 1 N–H and O–H groups in total. The molecule has 30 heavy (non-hydrogen) atoms. The first kappa shape index (κ1) is 21.0. The molecule has 1 aliphatic carbocycles. The molecule has 0 spiro atoms. The van der Waals surface area contributed by atoms with Gasteiger partial charge < -0.3 is 5.32 Å². The molecule has 1 saturated carbocycles. The lowest BCUT2D eigenvalue weighted by Gasteiger charge is -2.28. The number of rotatable bonds is 5. The molecule has 5 heteroatoms. The highest BCUT2D eigenvalue weighted by molar-refractivity contribution is 8.00. The maximum absolute atomic E-state index is 12.8. The normalized spacial score (nSPS) is 20.0. The second-order valence-corrected chi connectivity index (χ2v) is 9.66. The molecular weight excluding hydrogens is 392 g/mol. The number of thioether (sulfide) groups is 1. The topological polar surface area (TPSA) is 49.4 Å². The molecule has 2 amide bonds. The first-order valence-corrected chi connectivity index (χ1v) is 12.0. The Labute approximate surface area is 183 Å². The Morgan fingerprint density at radius 2 is 1.83 bits per heavy atom. The number of nitrogens with zero attached hydrogens (tertiary/aromatic N) is 1. The third-order valence-corrected chi connectivity index (χ3v) is 7.31. The summed E-state index contributed by atoms with van der Waals surface area (Å²) in [5, 5.41) is 3.04. The van der Waals surface area contributed by atoms with Gasteiger partial charge in [0.2, 0.25) is 11.8 Å². The van der Waals surface area contributed by atoms with E-state index in [1.54, 1.807) is 11.8 Å². The lowest BCUT2D eigenvalue weighted by molar-refractivity contribution is -0.120. The maximum Gasteiger partial charge on any atom is 0.238 e. The highest BCUT2D eigenvalue weighted by Gasteiger charge is 2.35. The SMILES string of the molecule is CC(C)c1ccccc1N1C(=O)CSC1c1cccc(NC(=O)C2CCCCC2)c1. The van der Waals surface area contributed by atoms with Crippen molar-refractivity contribution in [3.8, 4) is 0 Å². The number of carbonyl (C=O) groups excluding carboxylic acids is 2. The fourth-order valence-corrected chi connectivity index (χ4v) is 5.66. The Kier molecular flexibility index (Phi) is 6.47. The Balaban J connectivity index is 1.58. The van der Waals surface area contributed by atoms with Gasteiger partial charge in [-0.2, -0.15) is 0 Å². The van der Waals surface area contributed by atoms with Gasteiger partial charge in [0.25, 0.3) is 0 Å². The van der Waals surface area contributed by atoms with E-state index in [0.29, 0.717) is 11.7 Å². The molecular formula is C25H30N2O2S. The van der Waals surface area contributed by atoms with Gasteiger partial charge in [-0.3, -0.25) is 14.5 Å². The lowest BCUT2D eigenvalue weighted by atomic mass is 9.88. The minimum atomic E-state index is -0.0797. The van der Waals surface area contributed by atoms with Crippen LogP contribution >= 0.6 is 11.8 Å². The number of amides is 2. The predicted octanol–water partition coefficient (Wildman–Crippen LogP) is 6.11. The first-order chi connectivity index (χ1) is 14.5. The van der Waals surface area contributed by atoms with E-state index in [1.807, 2.05) is 41.3 Å². The minimum Gasteiger partial charge on any atom is -0.326 e. The van der Waals surface area contributed by atoms with E-state index in [0.717, 1.165) is 42.6 Å². The quantitative estimate of drug-likeness (QED) is 0.633. The molecule has 2 aromatic carbocycles. The monoisotopic (exact) mass is 422 g/mol. The summed E-state index contributed by atoms with van der Waals surface area (Å²) in [7, 11) is 0. The van der Waals surface area contributed by atoms with Crippen molar-refractivity contribution in [2.75, 3.05) is 16.0 Å². The molecule has 2 aliphatic rings. The fraction of sp³-hybridized carbons (Fsp3) is 0.440. The zero-order valence-electron chi connectivity index (χ0n) is 17.8. The maximum atomic E-state index is 12.8. The molecule has 1 heterocycles.